The Morgan fingerprint density at radius 3 is 2.37 bits per heavy atom. The number of hydrogen-bond donors (Lipinski definition) is 0. The lowest BCUT2D eigenvalue weighted by atomic mass is 10.1. The van der Waals surface area contributed by atoms with E-state index in [1.807, 2.05) is 25.1 Å². The molecule has 0 saturated heterocycles. The van der Waals surface area contributed by atoms with Crippen LogP contribution in [-0.2, 0) is 13.6 Å². The molecule has 0 radical (unpaired) electrons. The maximum atomic E-state index is 12.8. The number of rotatable bonds is 9. The quantitative estimate of drug-likeness (QED) is 0.631. The van der Waals surface area contributed by atoms with Crippen molar-refractivity contribution in [3.8, 4) is 0 Å². The summed E-state index contributed by atoms with van der Waals surface area (Å²) in [6.07, 6.45) is 3.00. The second-order valence-corrected chi connectivity index (χ2v) is 6.88. The molecule has 0 fully saturated rings. The highest BCUT2D eigenvalue weighted by atomic mass is 31.2. The predicted molar refractivity (Wildman–Crippen MR) is 79.9 cm³/mol. The lowest BCUT2D eigenvalue weighted by Crippen LogP contribution is -2.14. The molecule has 0 bridgehead atoms. The zero-order valence-corrected chi connectivity index (χ0v) is 13.1. The van der Waals surface area contributed by atoms with Crippen LogP contribution in [0.25, 0.3) is 0 Å². The fourth-order valence-corrected chi connectivity index (χ4v) is 3.59. The minimum atomic E-state index is -3.17. The molecule has 0 saturated carbocycles. The first-order valence-electron chi connectivity index (χ1n) is 7.07. The Morgan fingerprint density at radius 1 is 1.11 bits per heavy atom. The third kappa shape index (κ3) is 5.48. The molecule has 0 heterocycles. The van der Waals surface area contributed by atoms with E-state index in [-0.39, 0.29) is 0 Å². The zero-order valence-electron chi connectivity index (χ0n) is 12.2. The Hall–Kier alpha value is -0.630. The van der Waals surface area contributed by atoms with E-state index in [1.165, 1.54) is 0 Å². The second kappa shape index (κ2) is 8.52. The highest BCUT2D eigenvalue weighted by Gasteiger charge is 2.27. The van der Waals surface area contributed by atoms with Crippen LogP contribution < -0.4 is 5.30 Å². The van der Waals surface area contributed by atoms with Crippen LogP contribution >= 0.6 is 7.60 Å². The molecule has 108 valence electrons. The Kier molecular flexibility index (Phi) is 7.37. The fraction of sp³-hybridized carbons (Fsp3) is 0.600. The molecule has 0 aliphatic rings. The molecule has 2 unspecified atom stereocenters. The van der Waals surface area contributed by atoms with E-state index >= 15 is 0 Å². The molecule has 2 atom stereocenters. The Morgan fingerprint density at radius 2 is 1.79 bits per heavy atom. The van der Waals surface area contributed by atoms with Crippen LogP contribution in [0.4, 0.5) is 0 Å². The van der Waals surface area contributed by atoms with Crippen molar-refractivity contribution >= 4 is 12.9 Å². The predicted octanol–water partition coefficient (Wildman–Crippen LogP) is 4.38. The topological polar surface area (TPSA) is 35.5 Å². The van der Waals surface area contributed by atoms with Crippen molar-refractivity contribution in [2.75, 3.05) is 13.2 Å². The normalized spacial score (nSPS) is 15.9. The second-order valence-electron chi connectivity index (χ2n) is 4.86. The van der Waals surface area contributed by atoms with Crippen molar-refractivity contribution in [1.29, 1.82) is 0 Å². The zero-order chi connectivity index (χ0) is 14.1. The van der Waals surface area contributed by atoms with Crippen LogP contribution in [-0.4, -0.2) is 13.2 Å². The van der Waals surface area contributed by atoms with E-state index in [0.29, 0.717) is 24.4 Å². The molecule has 0 aromatic heterocycles. The summed E-state index contributed by atoms with van der Waals surface area (Å²) in [5.41, 5.74) is 0. The largest absolute Gasteiger partial charge is 0.361 e. The van der Waals surface area contributed by atoms with Crippen molar-refractivity contribution in [1.82, 2.24) is 0 Å². The highest BCUT2D eigenvalue weighted by Crippen LogP contribution is 2.47. The maximum Gasteiger partial charge on any atom is 0.361 e. The third-order valence-electron chi connectivity index (χ3n) is 2.85. The van der Waals surface area contributed by atoms with Gasteiger partial charge in [-0.1, -0.05) is 45.4 Å². The maximum absolute atomic E-state index is 12.8. The van der Waals surface area contributed by atoms with Crippen molar-refractivity contribution in [3.05, 3.63) is 30.3 Å². The van der Waals surface area contributed by atoms with Crippen LogP contribution in [0.2, 0.25) is 0 Å². The average Bonchev–Trinajstić information content (AvgIpc) is 2.44. The summed E-state index contributed by atoms with van der Waals surface area (Å²) < 4.78 is 24.0. The monoisotopic (exact) mass is 284 g/mol. The first-order chi connectivity index (χ1) is 9.12. The Balaban J connectivity index is 2.73. The molecule has 19 heavy (non-hydrogen) atoms. The molecule has 3 nitrogen and oxygen atoms in total. The minimum Gasteiger partial charge on any atom is -0.305 e. The third-order valence-corrected chi connectivity index (χ3v) is 4.79. The lowest BCUT2D eigenvalue weighted by molar-refractivity contribution is 0.187. The van der Waals surface area contributed by atoms with Gasteiger partial charge in [0.2, 0.25) is 0 Å². The van der Waals surface area contributed by atoms with E-state index in [4.69, 9.17) is 9.05 Å². The smallest absolute Gasteiger partial charge is 0.305 e. The van der Waals surface area contributed by atoms with Gasteiger partial charge in [-0.25, -0.2) is 0 Å². The van der Waals surface area contributed by atoms with Crippen molar-refractivity contribution in [2.24, 2.45) is 5.92 Å². The van der Waals surface area contributed by atoms with E-state index in [1.54, 1.807) is 12.1 Å². The summed E-state index contributed by atoms with van der Waals surface area (Å²) >= 11 is 0. The van der Waals surface area contributed by atoms with Crippen molar-refractivity contribution in [2.45, 2.75) is 40.0 Å². The van der Waals surface area contributed by atoms with Gasteiger partial charge in [-0.3, -0.25) is 4.57 Å². The Labute approximate surface area is 116 Å². The first kappa shape index (κ1) is 16.4. The number of hydrogen-bond acceptors (Lipinski definition) is 3. The van der Waals surface area contributed by atoms with Crippen LogP contribution in [0, 0.1) is 5.92 Å². The molecule has 0 amide bonds. The van der Waals surface area contributed by atoms with Gasteiger partial charge in [-0.2, -0.15) is 0 Å². The van der Waals surface area contributed by atoms with E-state index < -0.39 is 7.60 Å². The molecule has 0 aliphatic carbocycles. The summed E-state index contributed by atoms with van der Waals surface area (Å²) in [5, 5.41) is 0.646. The van der Waals surface area contributed by atoms with E-state index in [2.05, 4.69) is 13.8 Å². The molecule has 0 spiro atoms. The minimum absolute atomic E-state index is 0.396. The standard InChI is InChI=1S/C15H25O3P/c1-4-9-14(3)13-18-19(16,17-12-5-2)15-10-7-6-8-11-15/h6-8,10-11,14H,4-5,9,12-13H2,1-3H3. The van der Waals surface area contributed by atoms with Gasteiger partial charge in [-0.05, 0) is 30.9 Å². The van der Waals surface area contributed by atoms with Gasteiger partial charge < -0.3 is 9.05 Å². The van der Waals surface area contributed by atoms with Gasteiger partial charge >= 0.3 is 7.60 Å². The van der Waals surface area contributed by atoms with Gasteiger partial charge in [0, 0.05) is 0 Å². The first-order valence-corrected chi connectivity index (χ1v) is 8.61. The summed E-state index contributed by atoms with van der Waals surface area (Å²) in [6.45, 7) is 7.17. The molecule has 1 rings (SSSR count). The Bertz CT molecular complexity index is 392. The summed E-state index contributed by atoms with van der Waals surface area (Å²) in [6, 6.07) is 9.22. The van der Waals surface area contributed by atoms with Crippen LogP contribution in [0.3, 0.4) is 0 Å². The van der Waals surface area contributed by atoms with Gasteiger partial charge in [0.05, 0.1) is 18.5 Å². The SMILES string of the molecule is CCCOP(=O)(OCC(C)CCC)c1ccccc1. The van der Waals surface area contributed by atoms with Crippen LogP contribution in [0.5, 0.6) is 0 Å². The molecule has 4 heteroatoms. The number of benzene rings is 1. The van der Waals surface area contributed by atoms with Gasteiger partial charge in [0.1, 0.15) is 0 Å². The summed E-state index contributed by atoms with van der Waals surface area (Å²) in [4.78, 5) is 0. The molecule has 0 aliphatic heterocycles. The van der Waals surface area contributed by atoms with Crippen molar-refractivity contribution in [3.63, 3.8) is 0 Å². The molecular weight excluding hydrogens is 259 g/mol. The average molecular weight is 284 g/mol. The summed E-state index contributed by atoms with van der Waals surface area (Å²) in [5.74, 6) is 0.396. The van der Waals surface area contributed by atoms with Crippen LogP contribution in [0.15, 0.2) is 30.3 Å². The highest BCUT2D eigenvalue weighted by molar-refractivity contribution is 7.62. The van der Waals surface area contributed by atoms with Crippen molar-refractivity contribution < 1.29 is 13.6 Å². The summed E-state index contributed by atoms with van der Waals surface area (Å²) in [7, 11) is -3.17. The lowest BCUT2D eigenvalue weighted by Gasteiger charge is -2.20. The van der Waals surface area contributed by atoms with E-state index in [0.717, 1.165) is 19.3 Å². The van der Waals surface area contributed by atoms with Gasteiger partial charge in [0.15, 0.2) is 0 Å². The molecule has 0 N–H and O–H groups in total. The van der Waals surface area contributed by atoms with E-state index in [9.17, 15) is 4.57 Å². The molecule has 1 aromatic carbocycles. The van der Waals surface area contributed by atoms with Gasteiger partial charge in [-0.15, -0.1) is 0 Å². The molecule has 1 aromatic rings. The molecular formula is C15H25O3P. The van der Waals surface area contributed by atoms with Crippen LogP contribution in [0.1, 0.15) is 40.0 Å². The fourth-order valence-electron chi connectivity index (χ4n) is 1.81. The van der Waals surface area contributed by atoms with Gasteiger partial charge in [0.25, 0.3) is 0 Å².